The van der Waals surface area contributed by atoms with Crippen LogP contribution in [0.25, 0.3) is 0 Å². The van der Waals surface area contributed by atoms with E-state index in [4.69, 9.17) is 9.84 Å². The molecule has 0 saturated carbocycles. The van der Waals surface area contributed by atoms with Crippen molar-refractivity contribution >= 4 is 17.6 Å². The maximum atomic E-state index is 12.2. The summed E-state index contributed by atoms with van der Waals surface area (Å²) < 4.78 is 5.49. The fourth-order valence-electron chi connectivity index (χ4n) is 3.16. The molecule has 0 unspecified atom stereocenters. The van der Waals surface area contributed by atoms with Gasteiger partial charge >= 0.3 is 5.97 Å². The molecule has 0 aliphatic carbocycles. The average Bonchev–Trinajstić information content (AvgIpc) is 2.70. The summed E-state index contributed by atoms with van der Waals surface area (Å²) >= 11 is 0. The standard InChI is InChI=1S/C24H31NO4/c1-3-4-5-6-8-20-11-13-22(14-12-20)25(19(2)26)18-21-9-7-10-23(17-21)29-16-15-24(27)28/h7,9-14,17H,3-6,8,15-16,18H2,1-2H3,(H,27,28). The molecular weight excluding hydrogens is 366 g/mol. The van der Waals surface area contributed by atoms with Crippen LogP contribution in [0, 0.1) is 0 Å². The van der Waals surface area contributed by atoms with E-state index in [2.05, 4.69) is 19.1 Å². The van der Waals surface area contributed by atoms with Crippen molar-refractivity contribution in [3.8, 4) is 5.75 Å². The number of hydrogen-bond acceptors (Lipinski definition) is 3. The summed E-state index contributed by atoms with van der Waals surface area (Å²) in [7, 11) is 0. The van der Waals surface area contributed by atoms with E-state index in [1.165, 1.54) is 31.2 Å². The van der Waals surface area contributed by atoms with E-state index in [9.17, 15) is 9.59 Å². The van der Waals surface area contributed by atoms with Crippen molar-refractivity contribution in [2.45, 2.75) is 58.9 Å². The number of nitrogens with zero attached hydrogens (tertiary/aromatic N) is 1. The number of rotatable bonds is 12. The van der Waals surface area contributed by atoms with Gasteiger partial charge in [-0.05, 0) is 48.2 Å². The third-order valence-corrected chi connectivity index (χ3v) is 4.77. The second-order valence-electron chi connectivity index (χ2n) is 7.22. The van der Waals surface area contributed by atoms with Crippen LogP contribution in [0.1, 0.15) is 57.1 Å². The van der Waals surface area contributed by atoms with E-state index in [0.717, 1.165) is 17.7 Å². The highest BCUT2D eigenvalue weighted by atomic mass is 16.5. The molecule has 0 atom stereocenters. The van der Waals surface area contributed by atoms with Gasteiger partial charge in [0.25, 0.3) is 0 Å². The highest BCUT2D eigenvalue weighted by molar-refractivity contribution is 5.91. The molecule has 29 heavy (non-hydrogen) atoms. The fourth-order valence-corrected chi connectivity index (χ4v) is 3.16. The fraction of sp³-hybridized carbons (Fsp3) is 0.417. The number of amides is 1. The molecule has 0 saturated heterocycles. The van der Waals surface area contributed by atoms with Gasteiger partial charge < -0.3 is 14.7 Å². The third-order valence-electron chi connectivity index (χ3n) is 4.77. The maximum Gasteiger partial charge on any atom is 0.306 e. The molecule has 0 radical (unpaired) electrons. The number of hydrogen-bond donors (Lipinski definition) is 1. The van der Waals surface area contributed by atoms with Crippen molar-refractivity contribution in [2.75, 3.05) is 11.5 Å². The Hall–Kier alpha value is -2.82. The zero-order chi connectivity index (χ0) is 21.1. The Kier molecular flexibility index (Phi) is 9.22. The first-order valence-corrected chi connectivity index (χ1v) is 10.3. The molecule has 1 amide bonds. The van der Waals surface area contributed by atoms with Gasteiger partial charge in [-0.25, -0.2) is 0 Å². The van der Waals surface area contributed by atoms with E-state index in [1.54, 1.807) is 17.9 Å². The van der Waals surface area contributed by atoms with Crippen molar-refractivity contribution < 1.29 is 19.4 Å². The third kappa shape index (κ3) is 7.98. The van der Waals surface area contributed by atoms with Gasteiger partial charge in [0.05, 0.1) is 19.6 Å². The Bertz CT molecular complexity index is 786. The lowest BCUT2D eigenvalue weighted by Gasteiger charge is -2.22. The number of carboxylic acid groups (broad SMARTS) is 1. The monoisotopic (exact) mass is 397 g/mol. The molecule has 5 heteroatoms. The number of ether oxygens (including phenoxy) is 1. The second kappa shape index (κ2) is 11.9. The molecule has 156 valence electrons. The van der Waals surface area contributed by atoms with Crippen molar-refractivity contribution in [3.63, 3.8) is 0 Å². The average molecular weight is 398 g/mol. The van der Waals surface area contributed by atoms with Gasteiger partial charge in [-0.15, -0.1) is 0 Å². The van der Waals surface area contributed by atoms with Crippen LogP contribution >= 0.6 is 0 Å². The van der Waals surface area contributed by atoms with E-state index in [0.29, 0.717) is 12.3 Å². The Morgan fingerprint density at radius 2 is 1.76 bits per heavy atom. The molecule has 5 nitrogen and oxygen atoms in total. The van der Waals surface area contributed by atoms with Crippen molar-refractivity contribution in [2.24, 2.45) is 0 Å². The summed E-state index contributed by atoms with van der Waals surface area (Å²) in [5.74, 6) is -0.315. The summed E-state index contributed by atoms with van der Waals surface area (Å²) in [6.07, 6.45) is 5.97. The van der Waals surface area contributed by atoms with Crippen molar-refractivity contribution in [3.05, 3.63) is 59.7 Å². The Morgan fingerprint density at radius 1 is 1.00 bits per heavy atom. The number of anilines is 1. The van der Waals surface area contributed by atoms with Gasteiger partial charge in [-0.2, -0.15) is 0 Å². The van der Waals surface area contributed by atoms with Crippen LogP contribution in [0.2, 0.25) is 0 Å². The molecule has 0 aliphatic rings. The van der Waals surface area contributed by atoms with Gasteiger partial charge in [0.1, 0.15) is 5.75 Å². The summed E-state index contributed by atoms with van der Waals surface area (Å²) in [4.78, 5) is 24.6. The van der Waals surface area contributed by atoms with Crippen molar-refractivity contribution in [1.82, 2.24) is 0 Å². The highest BCUT2D eigenvalue weighted by Gasteiger charge is 2.13. The van der Waals surface area contributed by atoms with Crippen LogP contribution in [-0.2, 0) is 22.6 Å². The molecule has 0 aromatic heterocycles. The van der Waals surface area contributed by atoms with Crippen LogP contribution in [0.3, 0.4) is 0 Å². The zero-order valence-corrected chi connectivity index (χ0v) is 17.4. The van der Waals surface area contributed by atoms with E-state index < -0.39 is 5.97 Å². The lowest BCUT2D eigenvalue weighted by molar-refractivity contribution is -0.137. The minimum absolute atomic E-state index is 0.0297. The molecule has 0 bridgehead atoms. The van der Waals surface area contributed by atoms with Gasteiger partial charge in [0.15, 0.2) is 0 Å². The zero-order valence-electron chi connectivity index (χ0n) is 17.4. The molecule has 2 rings (SSSR count). The quantitative estimate of drug-likeness (QED) is 0.499. The number of benzene rings is 2. The molecule has 2 aromatic carbocycles. The summed E-state index contributed by atoms with van der Waals surface area (Å²) in [6.45, 7) is 4.32. The number of aryl methyl sites for hydroxylation is 1. The summed E-state index contributed by atoms with van der Waals surface area (Å²) in [5.41, 5.74) is 3.09. The normalized spacial score (nSPS) is 10.6. The summed E-state index contributed by atoms with van der Waals surface area (Å²) in [6, 6.07) is 15.6. The van der Waals surface area contributed by atoms with Crippen LogP contribution in [0.5, 0.6) is 5.75 Å². The number of carboxylic acids is 1. The minimum atomic E-state index is -0.891. The Balaban J connectivity index is 2.01. The molecule has 0 aliphatic heterocycles. The molecule has 0 heterocycles. The highest BCUT2D eigenvalue weighted by Crippen LogP contribution is 2.22. The SMILES string of the molecule is CCCCCCc1ccc(N(Cc2cccc(OCCC(=O)O)c2)C(C)=O)cc1. The topological polar surface area (TPSA) is 66.8 Å². The number of carbonyl (C=O) groups excluding carboxylic acids is 1. The van der Waals surface area contributed by atoms with Crippen LogP contribution in [0.15, 0.2) is 48.5 Å². The van der Waals surface area contributed by atoms with Crippen LogP contribution < -0.4 is 9.64 Å². The summed E-state index contributed by atoms with van der Waals surface area (Å²) in [5, 5.41) is 8.72. The minimum Gasteiger partial charge on any atom is -0.493 e. The van der Waals surface area contributed by atoms with Crippen LogP contribution in [0.4, 0.5) is 5.69 Å². The Labute approximate surface area is 173 Å². The Morgan fingerprint density at radius 3 is 2.41 bits per heavy atom. The number of aliphatic carboxylic acids is 1. The molecule has 0 spiro atoms. The first kappa shape index (κ1) is 22.5. The van der Waals surface area contributed by atoms with E-state index in [1.807, 2.05) is 30.3 Å². The van der Waals surface area contributed by atoms with Crippen molar-refractivity contribution in [1.29, 1.82) is 0 Å². The van der Waals surface area contributed by atoms with Gasteiger partial charge in [0.2, 0.25) is 5.91 Å². The van der Waals surface area contributed by atoms with Gasteiger partial charge in [-0.3, -0.25) is 9.59 Å². The van der Waals surface area contributed by atoms with E-state index in [-0.39, 0.29) is 18.9 Å². The molecule has 2 aromatic rings. The largest absolute Gasteiger partial charge is 0.493 e. The lowest BCUT2D eigenvalue weighted by Crippen LogP contribution is -2.27. The maximum absolute atomic E-state index is 12.2. The van der Waals surface area contributed by atoms with Crippen LogP contribution in [-0.4, -0.2) is 23.6 Å². The van der Waals surface area contributed by atoms with Gasteiger partial charge in [0, 0.05) is 12.6 Å². The number of carbonyl (C=O) groups is 2. The smallest absolute Gasteiger partial charge is 0.306 e. The predicted octanol–water partition coefficient (Wildman–Crippen LogP) is 5.22. The molecular formula is C24H31NO4. The molecule has 1 N–H and O–H groups in total. The second-order valence-corrected chi connectivity index (χ2v) is 7.22. The van der Waals surface area contributed by atoms with E-state index >= 15 is 0 Å². The predicted molar refractivity (Wildman–Crippen MR) is 115 cm³/mol. The number of unbranched alkanes of at least 4 members (excludes halogenated alkanes) is 3. The first-order valence-electron chi connectivity index (χ1n) is 10.3. The first-order chi connectivity index (χ1) is 14.0. The lowest BCUT2D eigenvalue weighted by atomic mass is 10.1. The van der Waals surface area contributed by atoms with Gasteiger partial charge in [-0.1, -0.05) is 50.5 Å². The molecule has 0 fully saturated rings.